The lowest BCUT2D eigenvalue weighted by atomic mass is 9.70. The predicted octanol–water partition coefficient (Wildman–Crippen LogP) is 6.74. The third kappa shape index (κ3) is 4.82. The van der Waals surface area contributed by atoms with Crippen LogP contribution in [0.1, 0.15) is 40.3 Å². The molecule has 0 saturated carbocycles. The summed E-state index contributed by atoms with van der Waals surface area (Å²) in [6, 6.07) is 17.9. The molecular formula is C31H32BrN3O3. The van der Waals surface area contributed by atoms with Gasteiger partial charge in [-0.1, -0.05) is 22.0 Å². The van der Waals surface area contributed by atoms with Crippen molar-refractivity contribution in [2.75, 3.05) is 27.7 Å². The van der Waals surface area contributed by atoms with Crippen molar-refractivity contribution in [1.82, 2.24) is 14.9 Å². The second-order valence-corrected chi connectivity index (χ2v) is 11.0. The molecule has 0 bridgehead atoms. The highest BCUT2D eigenvalue weighted by atomic mass is 79.9. The van der Waals surface area contributed by atoms with Crippen LogP contribution in [0.25, 0.3) is 21.9 Å². The van der Waals surface area contributed by atoms with Crippen LogP contribution in [0.5, 0.6) is 5.88 Å². The number of ether oxygens (including phenoxy) is 1. The summed E-state index contributed by atoms with van der Waals surface area (Å²) in [4.78, 5) is 11.5. The highest BCUT2D eigenvalue weighted by molar-refractivity contribution is 9.10. The highest BCUT2D eigenvalue weighted by Gasteiger charge is 2.43. The Hall–Kier alpha value is -3.26. The third-order valence-electron chi connectivity index (χ3n) is 7.45. The van der Waals surface area contributed by atoms with E-state index in [9.17, 15) is 5.11 Å². The van der Waals surface area contributed by atoms with E-state index < -0.39 is 11.5 Å². The number of hydrogen-bond acceptors (Lipinski definition) is 6. The van der Waals surface area contributed by atoms with Crippen LogP contribution >= 0.6 is 15.9 Å². The minimum Gasteiger partial charge on any atom is -0.481 e. The Morgan fingerprint density at radius 2 is 1.84 bits per heavy atom. The van der Waals surface area contributed by atoms with E-state index in [-0.39, 0.29) is 0 Å². The second kappa shape index (κ2) is 10.5. The molecule has 3 heterocycles. The van der Waals surface area contributed by atoms with Gasteiger partial charge in [0, 0.05) is 45.2 Å². The number of halogens is 1. The Kier molecular flexibility index (Phi) is 7.27. The van der Waals surface area contributed by atoms with Crippen molar-refractivity contribution in [3.8, 4) is 5.88 Å². The van der Waals surface area contributed by atoms with E-state index in [1.165, 1.54) is 0 Å². The van der Waals surface area contributed by atoms with Crippen molar-refractivity contribution < 1.29 is 14.3 Å². The van der Waals surface area contributed by atoms with Gasteiger partial charge in [0.15, 0.2) is 0 Å². The second-order valence-electron chi connectivity index (χ2n) is 10.1. The Labute approximate surface area is 231 Å². The van der Waals surface area contributed by atoms with Gasteiger partial charge in [0.05, 0.1) is 18.9 Å². The number of methoxy groups -OCH3 is 1. The normalized spacial score (nSPS) is 14.2. The molecule has 0 aliphatic carbocycles. The molecule has 196 valence electrons. The Morgan fingerprint density at radius 3 is 2.61 bits per heavy atom. The van der Waals surface area contributed by atoms with Gasteiger partial charge in [0.2, 0.25) is 5.88 Å². The molecule has 0 aliphatic rings. The molecule has 3 aromatic heterocycles. The molecule has 38 heavy (non-hydrogen) atoms. The number of rotatable bonds is 8. The van der Waals surface area contributed by atoms with Crippen molar-refractivity contribution in [3.63, 3.8) is 0 Å². The summed E-state index contributed by atoms with van der Waals surface area (Å²) >= 11 is 3.60. The predicted molar refractivity (Wildman–Crippen MR) is 155 cm³/mol. The van der Waals surface area contributed by atoms with E-state index in [4.69, 9.17) is 14.1 Å². The molecule has 2 aromatic carbocycles. The molecule has 0 radical (unpaired) electrons. The zero-order valence-electron chi connectivity index (χ0n) is 22.3. The van der Waals surface area contributed by atoms with Crippen molar-refractivity contribution in [2.45, 2.75) is 31.8 Å². The van der Waals surface area contributed by atoms with Crippen LogP contribution in [-0.2, 0) is 5.60 Å². The summed E-state index contributed by atoms with van der Waals surface area (Å²) in [6.07, 6.45) is 3.97. The van der Waals surface area contributed by atoms with Gasteiger partial charge >= 0.3 is 0 Å². The average molecular weight is 575 g/mol. The zero-order valence-corrected chi connectivity index (χ0v) is 23.9. The summed E-state index contributed by atoms with van der Waals surface area (Å²) in [7, 11) is 5.67. The van der Waals surface area contributed by atoms with Crippen LogP contribution in [0.3, 0.4) is 0 Å². The summed E-state index contributed by atoms with van der Waals surface area (Å²) in [6.45, 7) is 4.74. The summed E-state index contributed by atoms with van der Waals surface area (Å²) in [5.41, 5.74) is 4.87. The van der Waals surface area contributed by atoms with E-state index in [1.807, 2.05) is 75.7 Å². The molecule has 7 heteroatoms. The molecular weight excluding hydrogens is 542 g/mol. The van der Waals surface area contributed by atoms with Gasteiger partial charge in [-0.05, 0) is 99.6 Å². The molecule has 2 atom stereocenters. The van der Waals surface area contributed by atoms with E-state index in [0.29, 0.717) is 18.8 Å². The first-order chi connectivity index (χ1) is 18.2. The lowest BCUT2D eigenvalue weighted by molar-refractivity contribution is 0.00372. The maximum absolute atomic E-state index is 13.0. The van der Waals surface area contributed by atoms with Crippen molar-refractivity contribution in [1.29, 1.82) is 0 Å². The Balaban J connectivity index is 1.84. The molecule has 1 N–H and O–H groups in total. The lowest BCUT2D eigenvalue weighted by Crippen LogP contribution is -2.38. The standard InChI is InChI=1S/C31H32BrN3O3/c1-19-20(2)33-13-10-25(19)29(26-18-22-17-24(32)7-8-27(22)34-30(26)37-5)31(36,12-14-35(3)4)23-6-9-28-21(16-23)11-15-38-28/h6-11,13,15-18,29,36H,12,14H2,1-5H3. The smallest absolute Gasteiger partial charge is 0.217 e. The van der Waals surface area contributed by atoms with Gasteiger partial charge < -0.3 is 19.2 Å². The van der Waals surface area contributed by atoms with Gasteiger partial charge in [0.25, 0.3) is 0 Å². The van der Waals surface area contributed by atoms with Crippen LogP contribution in [-0.4, -0.2) is 47.7 Å². The number of furan rings is 1. The molecule has 0 spiro atoms. The van der Waals surface area contributed by atoms with Crippen LogP contribution in [0.4, 0.5) is 0 Å². The minimum atomic E-state index is -1.30. The number of aromatic nitrogens is 2. The minimum absolute atomic E-state index is 0.481. The van der Waals surface area contributed by atoms with E-state index in [0.717, 1.165) is 54.3 Å². The molecule has 0 fully saturated rings. The maximum Gasteiger partial charge on any atom is 0.217 e. The highest BCUT2D eigenvalue weighted by Crippen LogP contribution is 2.49. The fourth-order valence-corrected chi connectivity index (χ4v) is 5.64. The molecule has 5 aromatic rings. The van der Waals surface area contributed by atoms with Crippen molar-refractivity contribution in [3.05, 3.63) is 99.5 Å². The van der Waals surface area contributed by atoms with Gasteiger partial charge in [-0.3, -0.25) is 4.98 Å². The number of aryl methyl sites for hydroxylation is 1. The molecule has 0 aliphatic heterocycles. The van der Waals surface area contributed by atoms with Crippen LogP contribution in [0.15, 0.2) is 75.9 Å². The first-order valence-electron chi connectivity index (χ1n) is 12.6. The number of hydrogen-bond donors (Lipinski definition) is 1. The fraction of sp³-hybridized carbons (Fsp3) is 0.290. The first kappa shape index (κ1) is 26.4. The monoisotopic (exact) mass is 573 g/mol. The number of benzene rings is 2. The average Bonchev–Trinajstić information content (AvgIpc) is 3.38. The maximum atomic E-state index is 13.0. The Bertz CT molecular complexity index is 1610. The van der Waals surface area contributed by atoms with Gasteiger partial charge in [-0.15, -0.1) is 0 Å². The topological polar surface area (TPSA) is 71.6 Å². The van der Waals surface area contributed by atoms with E-state index >= 15 is 0 Å². The Morgan fingerprint density at radius 1 is 1.03 bits per heavy atom. The van der Waals surface area contributed by atoms with Gasteiger partial charge in [-0.25, -0.2) is 4.98 Å². The molecule has 0 saturated heterocycles. The SMILES string of the molecule is COc1nc2ccc(Br)cc2cc1C(c1ccnc(C)c1C)C(O)(CCN(C)C)c1ccc2occc2c1. The molecule has 5 rings (SSSR count). The van der Waals surface area contributed by atoms with E-state index in [1.54, 1.807) is 13.4 Å². The number of pyridine rings is 2. The van der Waals surface area contributed by atoms with Crippen molar-refractivity contribution >= 4 is 37.8 Å². The quantitative estimate of drug-likeness (QED) is 0.222. The number of fused-ring (bicyclic) bond motifs is 2. The zero-order chi connectivity index (χ0) is 27.0. The summed E-state index contributed by atoms with van der Waals surface area (Å²) in [5.74, 6) is 0.00527. The molecule has 0 amide bonds. The lowest BCUT2D eigenvalue weighted by Gasteiger charge is -2.39. The largest absolute Gasteiger partial charge is 0.481 e. The third-order valence-corrected chi connectivity index (χ3v) is 7.95. The van der Waals surface area contributed by atoms with Gasteiger partial charge in [0.1, 0.15) is 11.2 Å². The van der Waals surface area contributed by atoms with Crippen LogP contribution in [0.2, 0.25) is 0 Å². The number of nitrogens with zero attached hydrogens (tertiary/aromatic N) is 3. The first-order valence-corrected chi connectivity index (χ1v) is 13.4. The van der Waals surface area contributed by atoms with E-state index in [2.05, 4.69) is 38.8 Å². The fourth-order valence-electron chi connectivity index (χ4n) is 5.26. The summed E-state index contributed by atoms with van der Waals surface area (Å²) in [5, 5.41) is 14.9. The summed E-state index contributed by atoms with van der Waals surface area (Å²) < 4.78 is 12.5. The molecule has 2 unspecified atom stereocenters. The van der Waals surface area contributed by atoms with Crippen LogP contribution < -0.4 is 4.74 Å². The van der Waals surface area contributed by atoms with Gasteiger partial charge in [-0.2, -0.15) is 0 Å². The molecule has 6 nitrogen and oxygen atoms in total. The number of aliphatic hydroxyl groups is 1. The van der Waals surface area contributed by atoms with Crippen LogP contribution in [0, 0.1) is 13.8 Å². The van der Waals surface area contributed by atoms with Crippen molar-refractivity contribution in [2.24, 2.45) is 0 Å².